The molecule has 0 fully saturated rings. The van der Waals surface area contributed by atoms with Gasteiger partial charge in [0.15, 0.2) is 46.5 Å². The summed E-state index contributed by atoms with van der Waals surface area (Å²) in [7, 11) is -4.02. The lowest BCUT2D eigenvalue weighted by Crippen LogP contribution is -2.38. The first-order valence-corrected chi connectivity index (χ1v) is 23.7. The molecule has 0 unspecified atom stereocenters. The Morgan fingerprint density at radius 1 is 0.429 bits per heavy atom. The van der Waals surface area contributed by atoms with Gasteiger partial charge in [-0.1, -0.05) is 99.9 Å². The van der Waals surface area contributed by atoms with E-state index >= 15 is 0 Å². The zero-order valence-electron chi connectivity index (χ0n) is 30.5. The summed E-state index contributed by atoms with van der Waals surface area (Å²) in [4.78, 5) is 7.01. The summed E-state index contributed by atoms with van der Waals surface area (Å²) in [5, 5.41) is 25.4. The predicted molar refractivity (Wildman–Crippen MR) is 204 cm³/mol. The van der Waals surface area contributed by atoms with E-state index in [9.17, 15) is 54.1 Å². The quantitative estimate of drug-likeness (QED) is 0.0578. The molecule has 0 aliphatic carbocycles. The number of benzene rings is 6. The SMILES string of the molecule is C[Si](C)(C)c1cc2ccccc2c(C=Nc2c(F)c(F)c(F)c(F)c2F)c1O.C[Si](C)(C)c1cc2ccccc2c(C=Nc2c(F)c(F)c(F)c(F)c2F)c1O. The molecule has 4 nitrogen and oxygen atoms in total. The van der Waals surface area contributed by atoms with E-state index in [1.807, 2.05) is 51.4 Å². The third-order valence-electron chi connectivity index (χ3n) is 8.76. The average Bonchev–Trinajstić information content (AvgIpc) is 3.15. The molecule has 0 amide bonds. The number of halogens is 10. The van der Waals surface area contributed by atoms with Crippen LogP contribution < -0.4 is 10.4 Å². The van der Waals surface area contributed by atoms with Gasteiger partial charge in [-0.15, -0.1) is 0 Å². The van der Waals surface area contributed by atoms with Crippen LogP contribution in [0.15, 0.2) is 70.6 Å². The first kappa shape index (κ1) is 41.7. The Morgan fingerprint density at radius 2 is 0.696 bits per heavy atom. The topological polar surface area (TPSA) is 65.2 Å². The largest absolute Gasteiger partial charge is 0.507 e. The Balaban J connectivity index is 0.000000214. The van der Waals surface area contributed by atoms with E-state index in [4.69, 9.17) is 0 Å². The maximum absolute atomic E-state index is 13.9. The highest BCUT2D eigenvalue weighted by Gasteiger charge is 2.28. The van der Waals surface area contributed by atoms with Crippen molar-refractivity contribution in [3.8, 4) is 11.5 Å². The smallest absolute Gasteiger partial charge is 0.200 e. The van der Waals surface area contributed by atoms with Crippen LogP contribution in [-0.4, -0.2) is 38.8 Å². The van der Waals surface area contributed by atoms with Crippen LogP contribution in [0.1, 0.15) is 11.1 Å². The molecule has 0 aliphatic rings. The number of nitrogens with zero attached hydrogens (tertiary/aromatic N) is 2. The standard InChI is InChI=1S/2C20H16F5NOSi/c2*1-28(2,3)13-8-10-6-4-5-7-11(10)12(20(13)27)9-26-19-17(24)15(22)14(21)16(23)18(19)25/h2*4-9,27H,1-3H3. The van der Waals surface area contributed by atoms with Crippen LogP contribution in [0.25, 0.3) is 21.5 Å². The summed E-state index contributed by atoms with van der Waals surface area (Å²) >= 11 is 0. The van der Waals surface area contributed by atoms with Crippen LogP contribution >= 0.6 is 0 Å². The van der Waals surface area contributed by atoms with Gasteiger partial charge in [-0.05, 0) is 31.9 Å². The molecule has 0 saturated carbocycles. The van der Waals surface area contributed by atoms with E-state index in [0.717, 1.165) is 23.2 Å². The summed E-state index contributed by atoms with van der Waals surface area (Å²) in [5.74, 6) is -21.1. The summed E-state index contributed by atoms with van der Waals surface area (Å²) < 4.78 is 136. The van der Waals surface area contributed by atoms with Crippen molar-refractivity contribution in [1.29, 1.82) is 0 Å². The number of hydrogen-bond donors (Lipinski definition) is 2. The Kier molecular flexibility index (Phi) is 11.6. The molecule has 6 rings (SSSR count). The highest BCUT2D eigenvalue weighted by atomic mass is 28.3. The van der Waals surface area contributed by atoms with Crippen molar-refractivity contribution >= 4 is 71.9 Å². The fraction of sp³-hybridized carbons (Fsp3) is 0.150. The molecular weight excluding hydrogens is 787 g/mol. The number of phenolic OH excluding ortho intramolecular Hbond substituents is 2. The van der Waals surface area contributed by atoms with E-state index in [0.29, 0.717) is 21.1 Å². The van der Waals surface area contributed by atoms with Crippen molar-refractivity contribution in [1.82, 2.24) is 0 Å². The number of aliphatic imine (C=N–C) groups is 2. The van der Waals surface area contributed by atoms with E-state index in [2.05, 4.69) is 9.98 Å². The number of hydrogen-bond acceptors (Lipinski definition) is 4. The third kappa shape index (κ3) is 7.80. The molecule has 2 N–H and O–H groups in total. The zero-order valence-corrected chi connectivity index (χ0v) is 32.5. The first-order valence-electron chi connectivity index (χ1n) is 16.7. The summed E-state index contributed by atoms with van der Waals surface area (Å²) in [5.41, 5.74) is -2.31. The van der Waals surface area contributed by atoms with Crippen molar-refractivity contribution in [3.05, 3.63) is 130 Å². The fourth-order valence-electron chi connectivity index (χ4n) is 5.81. The van der Waals surface area contributed by atoms with Gasteiger partial charge in [0, 0.05) is 23.6 Å². The van der Waals surface area contributed by atoms with Crippen molar-refractivity contribution in [3.63, 3.8) is 0 Å². The predicted octanol–water partition coefficient (Wildman–Crippen LogP) is 11.1. The zero-order chi connectivity index (χ0) is 41.6. The highest BCUT2D eigenvalue weighted by Crippen LogP contribution is 2.33. The molecule has 0 saturated heterocycles. The second-order valence-corrected chi connectivity index (χ2v) is 24.7. The normalized spacial score (nSPS) is 12.3. The Morgan fingerprint density at radius 3 is 0.982 bits per heavy atom. The number of phenols is 2. The van der Waals surface area contributed by atoms with Crippen molar-refractivity contribution in [2.24, 2.45) is 9.98 Å². The van der Waals surface area contributed by atoms with Gasteiger partial charge in [0.05, 0.1) is 16.1 Å². The molecular formula is C40H32F10N2O2Si2. The first-order chi connectivity index (χ1) is 26.1. The number of aromatic hydroxyl groups is 2. The Bertz CT molecular complexity index is 2360. The van der Waals surface area contributed by atoms with Crippen LogP contribution in [0.2, 0.25) is 39.3 Å². The van der Waals surface area contributed by atoms with Gasteiger partial charge in [0.2, 0.25) is 11.6 Å². The molecule has 6 aromatic carbocycles. The van der Waals surface area contributed by atoms with Gasteiger partial charge in [0.25, 0.3) is 0 Å². The average molecular weight is 819 g/mol. The van der Waals surface area contributed by atoms with Crippen LogP contribution in [-0.2, 0) is 0 Å². The lowest BCUT2D eigenvalue weighted by atomic mass is 10.0. The van der Waals surface area contributed by atoms with E-state index in [1.165, 1.54) is 0 Å². The van der Waals surface area contributed by atoms with Gasteiger partial charge in [-0.3, -0.25) is 0 Å². The van der Waals surface area contributed by atoms with Crippen molar-refractivity contribution < 1.29 is 54.1 Å². The molecule has 56 heavy (non-hydrogen) atoms. The molecule has 0 atom stereocenters. The second kappa shape index (κ2) is 15.6. The lowest BCUT2D eigenvalue weighted by Gasteiger charge is -2.21. The molecule has 0 heterocycles. The lowest BCUT2D eigenvalue weighted by molar-refractivity contribution is 0.381. The summed E-state index contributed by atoms with van der Waals surface area (Å²) in [6, 6.07) is 17.6. The molecule has 292 valence electrons. The number of fused-ring (bicyclic) bond motifs is 2. The second-order valence-electron chi connectivity index (χ2n) is 14.7. The van der Waals surface area contributed by atoms with Crippen LogP contribution in [0.5, 0.6) is 11.5 Å². The monoisotopic (exact) mass is 818 g/mol. The molecule has 16 heteroatoms. The van der Waals surface area contributed by atoms with Gasteiger partial charge in [0.1, 0.15) is 22.9 Å². The van der Waals surface area contributed by atoms with E-state index < -0.39 is 85.7 Å². The van der Waals surface area contributed by atoms with Gasteiger partial charge < -0.3 is 10.2 Å². The van der Waals surface area contributed by atoms with Crippen molar-refractivity contribution in [2.75, 3.05) is 0 Å². The molecule has 0 aliphatic heterocycles. The van der Waals surface area contributed by atoms with Gasteiger partial charge in [-0.2, -0.15) is 0 Å². The Hall–Kier alpha value is -5.49. The van der Waals surface area contributed by atoms with Crippen LogP contribution in [0.3, 0.4) is 0 Å². The molecule has 0 aromatic heterocycles. The minimum atomic E-state index is -2.25. The van der Waals surface area contributed by atoms with E-state index in [-0.39, 0.29) is 22.6 Å². The molecule has 0 spiro atoms. The molecule has 0 bridgehead atoms. The maximum Gasteiger partial charge on any atom is 0.200 e. The van der Waals surface area contributed by atoms with Crippen LogP contribution in [0, 0.1) is 58.2 Å². The van der Waals surface area contributed by atoms with Crippen molar-refractivity contribution in [2.45, 2.75) is 39.3 Å². The summed E-state index contributed by atoms with van der Waals surface area (Å²) in [6.45, 7) is 12.0. The Labute approximate surface area is 316 Å². The van der Waals surface area contributed by atoms with Gasteiger partial charge in [-0.25, -0.2) is 53.9 Å². The highest BCUT2D eigenvalue weighted by molar-refractivity contribution is 6.90. The maximum atomic E-state index is 13.9. The minimum Gasteiger partial charge on any atom is -0.507 e. The van der Waals surface area contributed by atoms with Gasteiger partial charge >= 0.3 is 0 Å². The fourth-order valence-corrected chi connectivity index (χ4v) is 8.67. The molecule has 0 radical (unpaired) electrons. The van der Waals surface area contributed by atoms with Crippen LogP contribution in [0.4, 0.5) is 55.3 Å². The number of rotatable bonds is 6. The van der Waals surface area contributed by atoms with E-state index in [1.54, 1.807) is 48.5 Å². The third-order valence-corrected chi connectivity index (χ3v) is 12.8. The summed E-state index contributed by atoms with van der Waals surface area (Å²) in [6.07, 6.45) is 1.86. The molecule has 6 aromatic rings. The minimum absolute atomic E-state index is 0.120.